The van der Waals surface area contributed by atoms with Gasteiger partial charge < -0.3 is 10.0 Å². The van der Waals surface area contributed by atoms with E-state index in [-0.39, 0.29) is 16.4 Å². The Morgan fingerprint density at radius 3 is 2.52 bits per heavy atom. The summed E-state index contributed by atoms with van der Waals surface area (Å²) in [5, 5.41) is 13.4. The summed E-state index contributed by atoms with van der Waals surface area (Å²) in [7, 11) is 0. The van der Waals surface area contributed by atoms with Gasteiger partial charge in [0.25, 0.3) is 11.8 Å². The molecule has 2 aromatic carbocycles. The molecule has 29 heavy (non-hydrogen) atoms. The topological polar surface area (TPSA) is 72.9 Å². The minimum Gasteiger partial charge on any atom is -0.507 e. The van der Waals surface area contributed by atoms with Crippen LogP contribution in [0.1, 0.15) is 19.4 Å². The van der Waals surface area contributed by atoms with E-state index in [9.17, 15) is 14.7 Å². The third kappa shape index (κ3) is 4.26. The maximum absolute atomic E-state index is 13.0. The van der Waals surface area contributed by atoms with Crippen LogP contribution in [0.25, 0.3) is 6.08 Å². The van der Waals surface area contributed by atoms with Crippen molar-refractivity contribution in [2.45, 2.75) is 13.8 Å². The van der Waals surface area contributed by atoms with Crippen LogP contribution in [0.3, 0.4) is 0 Å². The smallest absolute Gasteiger partial charge is 0.270 e. The van der Waals surface area contributed by atoms with E-state index < -0.39 is 11.8 Å². The van der Waals surface area contributed by atoms with Gasteiger partial charge in [0.15, 0.2) is 5.11 Å². The molecule has 2 amide bonds. The highest BCUT2D eigenvalue weighted by Crippen LogP contribution is 2.29. The summed E-state index contributed by atoms with van der Waals surface area (Å²) >= 11 is 11.2. The summed E-state index contributed by atoms with van der Waals surface area (Å²) in [6.45, 7) is 5.64. The lowest BCUT2D eigenvalue weighted by molar-refractivity contribution is -0.122. The van der Waals surface area contributed by atoms with E-state index >= 15 is 0 Å². The van der Waals surface area contributed by atoms with Crippen molar-refractivity contribution in [2.24, 2.45) is 0 Å². The van der Waals surface area contributed by atoms with Crippen molar-refractivity contribution < 1.29 is 14.7 Å². The Morgan fingerprint density at radius 2 is 1.90 bits per heavy atom. The quantitative estimate of drug-likeness (QED) is 0.430. The number of hydrogen-bond acceptors (Lipinski definition) is 5. The van der Waals surface area contributed by atoms with Crippen LogP contribution < -0.4 is 15.1 Å². The first-order valence-electron chi connectivity index (χ1n) is 9.10. The van der Waals surface area contributed by atoms with Crippen molar-refractivity contribution in [1.29, 1.82) is 0 Å². The monoisotopic (exact) mass is 429 g/mol. The summed E-state index contributed by atoms with van der Waals surface area (Å²) in [6.07, 6.45) is 1.36. The Labute approximate surface area is 179 Å². The number of anilines is 2. The fourth-order valence-electron chi connectivity index (χ4n) is 3.10. The highest BCUT2D eigenvalue weighted by atomic mass is 35.5. The number of aromatic hydroxyl groups is 1. The average molecular weight is 430 g/mol. The first-order valence-corrected chi connectivity index (χ1v) is 9.89. The van der Waals surface area contributed by atoms with Crippen molar-refractivity contribution in [3.63, 3.8) is 0 Å². The minimum absolute atomic E-state index is 0.0232. The van der Waals surface area contributed by atoms with Gasteiger partial charge in [0, 0.05) is 35.4 Å². The van der Waals surface area contributed by atoms with Gasteiger partial charge in [0.05, 0.1) is 5.69 Å². The lowest BCUT2D eigenvalue weighted by atomic mass is 10.1. The normalized spacial score (nSPS) is 15.6. The zero-order valence-electron chi connectivity index (χ0n) is 16.0. The van der Waals surface area contributed by atoms with Gasteiger partial charge in [-0.3, -0.25) is 19.8 Å². The number of rotatable bonds is 5. The number of phenolic OH excluding ortho intramolecular Hbond substituents is 1. The second-order valence-corrected chi connectivity index (χ2v) is 7.18. The third-order valence-corrected chi connectivity index (χ3v) is 5.13. The molecule has 0 radical (unpaired) electrons. The molecule has 3 rings (SSSR count). The lowest BCUT2D eigenvalue weighted by Gasteiger charge is -2.29. The number of nitrogens with one attached hydrogen (secondary N) is 1. The van der Waals surface area contributed by atoms with Gasteiger partial charge in [-0.15, -0.1) is 0 Å². The Hall–Kier alpha value is -2.90. The van der Waals surface area contributed by atoms with Crippen molar-refractivity contribution in [3.8, 4) is 5.75 Å². The Balaban J connectivity index is 1.98. The number of carbonyl (C=O) groups is 2. The van der Waals surface area contributed by atoms with E-state index in [0.717, 1.165) is 18.8 Å². The molecule has 0 aromatic heterocycles. The number of carbonyl (C=O) groups excluding carboxylic acids is 2. The third-order valence-electron chi connectivity index (χ3n) is 4.61. The van der Waals surface area contributed by atoms with Crippen molar-refractivity contribution in [3.05, 3.63) is 58.6 Å². The Morgan fingerprint density at radius 1 is 1.17 bits per heavy atom. The largest absolute Gasteiger partial charge is 0.507 e. The second-order valence-electron chi connectivity index (χ2n) is 6.35. The number of benzene rings is 2. The molecule has 1 fully saturated rings. The first kappa shape index (κ1) is 20.8. The van der Waals surface area contributed by atoms with Crippen LogP contribution in [0.2, 0.25) is 5.02 Å². The van der Waals surface area contributed by atoms with Gasteiger partial charge in [-0.25, -0.2) is 0 Å². The molecular formula is C21H20ClN3O3S. The van der Waals surface area contributed by atoms with Crippen LogP contribution in [0.15, 0.2) is 48.0 Å². The molecule has 1 heterocycles. The van der Waals surface area contributed by atoms with Crippen LogP contribution in [0.5, 0.6) is 5.75 Å². The summed E-state index contributed by atoms with van der Waals surface area (Å²) in [4.78, 5) is 28.7. The molecule has 0 aliphatic carbocycles. The molecule has 6 nitrogen and oxygen atoms in total. The van der Waals surface area contributed by atoms with E-state index in [1.165, 1.54) is 11.0 Å². The van der Waals surface area contributed by atoms with Gasteiger partial charge in [0.2, 0.25) is 0 Å². The summed E-state index contributed by atoms with van der Waals surface area (Å²) in [5.74, 6) is -1.23. The molecular weight excluding hydrogens is 410 g/mol. The molecule has 150 valence electrons. The Bertz CT molecular complexity index is 1020. The fraction of sp³-hybridized carbons (Fsp3) is 0.190. The van der Waals surface area contributed by atoms with E-state index in [1.54, 1.807) is 36.4 Å². The number of phenols is 1. The zero-order valence-corrected chi connectivity index (χ0v) is 17.5. The van der Waals surface area contributed by atoms with Crippen molar-refractivity contribution in [1.82, 2.24) is 5.32 Å². The number of halogens is 1. The molecule has 1 aliphatic heterocycles. The van der Waals surface area contributed by atoms with Crippen LogP contribution >= 0.6 is 23.8 Å². The zero-order chi connectivity index (χ0) is 21.1. The van der Waals surface area contributed by atoms with Crippen molar-refractivity contribution >= 4 is 58.2 Å². The van der Waals surface area contributed by atoms with E-state index in [4.69, 9.17) is 23.8 Å². The maximum Gasteiger partial charge on any atom is 0.270 e. The second kappa shape index (κ2) is 8.63. The van der Waals surface area contributed by atoms with E-state index in [1.807, 2.05) is 19.9 Å². The summed E-state index contributed by atoms with van der Waals surface area (Å²) in [5.41, 5.74) is 1.53. The van der Waals surface area contributed by atoms with Gasteiger partial charge in [-0.2, -0.15) is 0 Å². The summed E-state index contributed by atoms with van der Waals surface area (Å²) < 4.78 is 0. The van der Waals surface area contributed by atoms with E-state index in [2.05, 4.69) is 10.2 Å². The minimum atomic E-state index is -0.620. The Kier molecular flexibility index (Phi) is 6.20. The number of thiocarbonyl (C=S) groups is 1. The molecule has 8 heteroatoms. The lowest BCUT2D eigenvalue weighted by Crippen LogP contribution is -2.54. The van der Waals surface area contributed by atoms with Crippen LogP contribution in [0.4, 0.5) is 11.4 Å². The SMILES string of the molecule is CCN(CC)c1ccc(/C=C2\C(=O)NC(=S)N(c3cccc(Cl)c3)C2=O)c(O)c1. The van der Waals surface area contributed by atoms with Gasteiger partial charge >= 0.3 is 0 Å². The molecule has 0 saturated carbocycles. The van der Waals surface area contributed by atoms with Crippen LogP contribution in [0, 0.1) is 0 Å². The van der Waals surface area contributed by atoms with Crippen molar-refractivity contribution in [2.75, 3.05) is 22.9 Å². The molecule has 1 aliphatic rings. The standard InChI is InChI=1S/C21H20ClN3O3S/c1-3-24(4-2)15-9-8-13(18(26)12-15)10-17-19(27)23-21(29)25(20(17)28)16-7-5-6-14(22)11-16/h5-12,26H,3-4H2,1-2H3,(H,23,27,29)/b17-10+. The summed E-state index contributed by atoms with van der Waals surface area (Å²) in [6, 6.07) is 11.7. The molecule has 0 spiro atoms. The molecule has 2 N–H and O–H groups in total. The first-order chi connectivity index (χ1) is 13.8. The highest BCUT2D eigenvalue weighted by molar-refractivity contribution is 7.80. The highest BCUT2D eigenvalue weighted by Gasteiger charge is 2.34. The van der Waals surface area contributed by atoms with Gasteiger partial charge in [-0.05, 0) is 62.5 Å². The van der Waals surface area contributed by atoms with Gasteiger partial charge in [0.1, 0.15) is 11.3 Å². The molecule has 0 bridgehead atoms. The predicted molar refractivity (Wildman–Crippen MR) is 119 cm³/mol. The number of hydrogen-bond donors (Lipinski definition) is 2. The fourth-order valence-corrected chi connectivity index (χ4v) is 3.57. The number of amides is 2. The number of nitrogens with zero attached hydrogens (tertiary/aromatic N) is 2. The average Bonchev–Trinajstić information content (AvgIpc) is 2.67. The predicted octanol–water partition coefficient (Wildman–Crippen LogP) is 3.72. The molecule has 2 aromatic rings. The maximum atomic E-state index is 13.0. The molecule has 0 unspecified atom stereocenters. The van der Waals surface area contributed by atoms with E-state index in [0.29, 0.717) is 16.3 Å². The van der Waals surface area contributed by atoms with Crippen LogP contribution in [-0.4, -0.2) is 35.1 Å². The van der Waals surface area contributed by atoms with Gasteiger partial charge in [-0.1, -0.05) is 17.7 Å². The molecule has 1 saturated heterocycles. The molecule has 0 atom stereocenters. The van der Waals surface area contributed by atoms with Crippen LogP contribution in [-0.2, 0) is 9.59 Å².